The Morgan fingerprint density at radius 2 is 1.04 bits per heavy atom. The zero-order chi connectivity index (χ0) is 36.8. The highest BCUT2D eigenvalue weighted by atomic mass is 16.7. The van der Waals surface area contributed by atoms with Crippen LogP contribution < -0.4 is 5.32 Å². The minimum absolute atomic E-state index is 0.257. The summed E-state index contributed by atoms with van der Waals surface area (Å²) in [5.41, 5.74) is 0. The molecule has 0 aromatic rings. The van der Waals surface area contributed by atoms with Crippen molar-refractivity contribution in [3.8, 4) is 0 Å². The molecule has 7 N–H and O–H groups in total. The van der Waals surface area contributed by atoms with Gasteiger partial charge in [0.2, 0.25) is 5.91 Å². The Morgan fingerprint density at radius 3 is 1.48 bits per heavy atom. The molecule has 8 atom stereocenters. The second-order valence-corrected chi connectivity index (χ2v) is 14.9. The first-order valence-electron chi connectivity index (χ1n) is 20.8. The minimum Gasteiger partial charge on any atom is -0.394 e. The third kappa shape index (κ3) is 22.3. The molecular formula is C40H79NO9. The van der Waals surface area contributed by atoms with E-state index in [0.717, 1.165) is 51.4 Å². The molecule has 0 spiro atoms. The molecule has 10 heteroatoms. The topological polar surface area (TPSA) is 169 Å². The molecular weight excluding hydrogens is 638 g/mol. The second kappa shape index (κ2) is 31.7. The van der Waals surface area contributed by atoms with Gasteiger partial charge >= 0.3 is 0 Å². The number of unbranched alkanes of at least 4 members (excludes halogenated alkanes) is 23. The van der Waals surface area contributed by atoms with Crippen LogP contribution in [-0.2, 0) is 14.3 Å². The highest BCUT2D eigenvalue weighted by Gasteiger charge is 2.44. The molecule has 1 saturated heterocycles. The number of hydrogen-bond acceptors (Lipinski definition) is 9. The molecule has 1 rings (SSSR count). The third-order valence-corrected chi connectivity index (χ3v) is 10.3. The van der Waals surface area contributed by atoms with E-state index in [2.05, 4.69) is 19.2 Å². The Bertz CT molecular complexity index is 773. The molecule has 0 radical (unpaired) electrons. The second-order valence-electron chi connectivity index (χ2n) is 14.9. The molecule has 0 aromatic carbocycles. The molecule has 2 unspecified atom stereocenters. The maximum atomic E-state index is 12.9. The molecule has 50 heavy (non-hydrogen) atoms. The minimum atomic E-state index is -1.60. The fraction of sp³-hybridized carbons (Fsp3) is 0.975. The zero-order valence-corrected chi connectivity index (χ0v) is 32.0. The van der Waals surface area contributed by atoms with Crippen molar-refractivity contribution in [2.75, 3.05) is 13.2 Å². The molecule has 0 bridgehead atoms. The summed E-state index contributed by atoms with van der Waals surface area (Å²) in [5.74, 6) is -0.257. The van der Waals surface area contributed by atoms with Crippen molar-refractivity contribution in [3.05, 3.63) is 0 Å². The van der Waals surface area contributed by atoms with Gasteiger partial charge in [-0.2, -0.15) is 0 Å². The quantitative estimate of drug-likeness (QED) is 0.0364. The smallest absolute Gasteiger partial charge is 0.220 e. The summed E-state index contributed by atoms with van der Waals surface area (Å²) in [6, 6.07) is -0.982. The predicted octanol–water partition coefficient (Wildman–Crippen LogP) is 6.58. The molecule has 1 aliphatic heterocycles. The van der Waals surface area contributed by atoms with E-state index in [9.17, 15) is 35.4 Å². The van der Waals surface area contributed by atoms with Crippen LogP contribution in [0.4, 0.5) is 0 Å². The van der Waals surface area contributed by atoms with Gasteiger partial charge < -0.3 is 45.4 Å². The number of ether oxygens (including phenoxy) is 2. The fourth-order valence-corrected chi connectivity index (χ4v) is 6.84. The van der Waals surface area contributed by atoms with Gasteiger partial charge in [0.15, 0.2) is 6.29 Å². The van der Waals surface area contributed by atoms with Crippen LogP contribution in [-0.4, -0.2) is 98.7 Å². The van der Waals surface area contributed by atoms with Crippen molar-refractivity contribution >= 4 is 5.91 Å². The van der Waals surface area contributed by atoms with Crippen LogP contribution in [0.3, 0.4) is 0 Å². The normalized spacial score (nSPS) is 22.8. The number of aliphatic hydroxyl groups excluding tert-OH is 6. The van der Waals surface area contributed by atoms with Gasteiger partial charge in [0.1, 0.15) is 30.5 Å². The third-order valence-electron chi connectivity index (χ3n) is 10.3. The molecule has 10 nitrogen and oxygen atoms in total. The van der Waals surface area contributed by atoms with Crippen molar-refractivity contribution in [1.29, 1.82) is 0 Å². The van der Waals surface area contributed by atoms with E-state index in [1.54, 1.807) is 0 Å². The number of carbonyl (C=O) groups excluding carboxylic acids is 1. The summed E-state index contributed by atoms with van der Waals surface area (Å²) in [5, 5.41) is 64.9. The van der Waals surface area contributed by atoms with E-state index in [1.165, 1.54) is 109 Å². The lowest BCUT2D eigenvalue weighted by Crippen LogP contribution is -2.60. The van der Waals surface area contributed by atoms with E-state index < -0.39 is 55.6 Å². The maximum Gasteiger partial charge on any atom is 0.220 e. The Balaban J connectivity index is 2.45. The SMILES string of the molecule is CCCCCCCCCCCCCCCCC(=O)N[C@@H](CO[C@@H]1O[C@H](CO)[C@H](O)C(O)C1O)[C@H](O)[C@H](O)CCCCCCCCCCCCC. The van der Waals surface area contributed by atoms with E-state index >= 15 is 0 Å². The van der Waals surface area contributed by atoms with Crippen molar-refractivity contribution < 1.29 is 44.9 Å². The summed E-state index contributed by atoms with van der Waals surface area (Å²) in [7, 11) is 0. The molecule has 1 fully saturated rings. The number of aliphatic hydroxyl groups is 6. The molecule has 0 aliphatic carbocycles. The van der Waals surface area contributed by atoms with Gasteiger partial charge in [0.25, 0.3) is 0 Å². The zero-order valence-electron chi connectivity index (χ0n) is 32.0. The Kier molecular flexibility index (Phi) is 29.9. The van der Waals surface area contributed by atoms with Gasteiger partial charge in [0.05, 0.1) is 25.4 Å². The van der Waals surface area contributed by atoms with Crippen LogP contribution in [0.25, 0.3) is 0 Å². The van der Waals surface area contributed by atoms with Crippen LogP contribution in [0.1, 0.15) is 187 Å². The molecule has 1 heterocycles. The standard InChI is InChI=1S/C40H79NO9/c1-3-5-7-9-11-13-15-16-17-19-21-23-25-27-29-35(44)41-32(31-49-40-39(48)38(47)37(46)34(30-42)50-40)36(45)33(43)28-26-24-22-20-18-14-12-10-8-6-4-2/h32-34,36-40,42-43,45-48H,3-31H2,1-2H3,(H,41,44)/t32-,33+,34+,36-,37-,38?,39?,40+/m0/s1. The van der Waals surface area contributed by atoms with Gasteiger partial charge in [-0.15, -0.1) is 0 Å². The van der Waals surface area contributed by atoms with Crippen molar-refractivity contribution in [2.24, 2.45) is 0 Å². The molecule has 0 aromatic heterocycles. The maximum absolute atomic E-state index is 12.9. The van der Waals surface area contributed by atoms with E-state index in [0.29, 0.717) is 6.42 Å². The van der Waals surface area contributed by atoms with Gasteiger partial charge in [-0.1, -0.05) is 168 Å². The number of hydrogen-bond donors (Lipinski definition) is 7. The van der Waals surface area contributed by atoms with Crippen molar-refractivity contribution in [3.63, 3.8) is 0 Å². The predicted molar refractivity (Wildman–Crippen MR) is 200 cm³/mol. The lowest BCUT2D eigenvalue weighted by molar-refractivity contribution is -0.303. The van der Waals surface area contributed by atoms with Crippen LogP contribution in [0.15, 0.2) is 0 Å². The van der Waals surface area contributed by atoms with Crippen LogP contribution >= 0.6 is 0 Å². The summed E-state index contributed by atoms with van der Waals surface area (Å²) in [6.07, 6.45) is 21.1. The van der Waals surface area contributed by atoms with Gasteiger partial charge in [0, 0.05) is 6.42 Å². The summed E-state index contributed by atoms with van der Waals surface area (Å²) < 4.78 is 11.1. The van der Waals surface area contributed by atoms with Crippen LogP contribution in [0.5, 0.6) is 0 Å². The van der Waals surface area contributed by atoms with Crippen molar-refractivity contribution in [2.45, 2.75) is 236 Å². The lowest BCUT2D eigenvalue weighted by Gasteiger charge is -2.40. The summed E-state index contributed by atoms with van der Waals surface area (Å²) >= 11 is 0. The Morgan fingerprint density at radius 1 is 0.620 bits per heavy atom. The summed E-state index contributed by atoms with van der Waals surface area (Å²) in [4.78, 5) is 12.9. The van der Waals surface area contributed by atoms with Crippen LogP contribution in [0.2, 0.25) is 0 Å². The Labute approximate surface area is 305 Å². The summed E-state index contributed by atoms with van der Waals surface area (Å²) in [6.45, 7) is 3.58. The molecule has 0 saturated carbocycles. The number of carbonyl (C=O) groups is 1. The van der Waals surface area contributed by atoms with E-state index in [-0.39, 0.29) is 18.9 Å². The average Bonchev–Trinajstić information content (AvgIpc) is 3.11. The monoisotopic (exact) mass is 718 g/mol. The average molecular weight is 718 g/mol. The van der Waals surface area contributed by atoms with Crippen molar-refractivity contribution in [1.82, 2.24) is 5.32 Å². The van der Waals surface area contributed by atoms with Gasteiger partial charge in [-0.05, 0) is 12.8 Å². The highest BCUT2D eigenvalue weighted by molar-refractivity contribution is 5.76. The Hall–Kier alpha value is -0.850. The van der Waals surface area contributed by atoms with Gasteiger partial charge in [-0.25, -0.2) is 0 Å². The molecule has 298 valence electrons. The molecule has 1 aliphatic rings. The van der Waals surface area contributed by atoms with Gasteiger partial charge in [-0.3, -0.25) is 4.79 Å². The number of nitrogens with one attached hydrogen (secondary N) is 1. The first kappa shape index (κ1) is 47.2. The van der Waals surface area contributed by atoms with E-state index in [1.807, 2.05) is 0 Å². The first-order chi connectivity index (χ1) is 24.3. The fourth-order valence-electron chi connectivity index (χ4n) is 6.84. The van der Waals surface area contributed by atoms with E-state index in [4.69, 9.17) is 9.47 Å². The van der Waals surface area contributed by atoms with Crippen LogP contribution in [0, 0.1) is 0 Å². The number of rotatable bonds is 34. The molecule has 1 amide bonds. The highest BCUT2D eigenvalue weighted by Crippen LogP contribution is 2.23. The number of amides is 1. The largest absolute Gasteiger partial charge is 0.394 e. The lowest BCUT2D eigenvalue weighted by atomic mass is 9.98. The first-order valence-corrected chi connectivity index (χ1v) is 20.8.